The van der Waals surface area contributed by atoms with Gasteiger partial charge in [0, 0.05) is 13.1 Å². The molecule has 1 N–H and O–H groups in total. The van der Waals surface area contributed by atoms with Crippen molar-refractivity contribution >= 4 is 18.2 Å². The third-order valence-electron chi connectivity index (χ3n) is 3.86. The van der Waals surface area contributed by atoms with Gasteiger partial charge in [-0.3, -0.25) is 4.57 Å². The van der Waals surface area contributed by atoms with Crippen LogP contribution in [0, 0.1) is 4.77 Å². The molecule has 1 aliphatic rings. The summed E-state index contributed by atoms with van der Waals surface area (Å²) in [6.45, 7) is 0. The molecule has 1 saturated carbocycles. The number of para-hydroxylation sites is 1. The van der Waals surface area contributed by atoms with Crippen molar-refractivity contribution in [2.45, 2.75) is 31.7 Å². The first kappa shape index (κ1) is 12.4. The van der Waals surface area contributed by atoms with E-state index in [0.717, 1.165) is 11.6 Å². The second kappa shape index (κ2) is 5.17. The molecule has 0 bridgehead atoms. The number of H-pyrrole nitrogens is 1. The van der Waals surface area contributed by atoms with Crippen molar-refractivity contribution in [1.29, 1.82) is 0 Å². The number of nitrogens with one attached hydrogen (secondary N) is 1. The molecule has 1 aromatic heterocycles. The van der Waals surface area contributed by atoms with Crippen molar-refractivity contribution in [2.24, 2.45) is 0 Å². The Morgan fingerprint density at radius 3 is 2.63 bits per heavy atom. The highest BCUT2D eigenvalue weighted by molar-refractivity contribution is 7.71. The van der Waals surface area contributed by atoms with Gasteiger partial charge in [-0.25, -0.2) is 5.10 Å². The molecule has 0 radical (unpaired) electrons. The van der Waals surface area contributed by atoms with E-state index in [4.69, 9.17) is 12.2 Å². The number of rotatable bonds is 3. The third kappa shape index (κ3) is 2.30. The van der Waals surface area contributed by atoms with Crippen LogP contribution in [0.5, 0.6) is 0 Å². The van der Waals surface area contributed by atoms with Crippen LogP contribution < -0.4 is 4.90 Å². The number of hydrogen-bond acceptors (Lipinski definition) is 3. The zero-order chi connectivity index (χ0) is 13.2. The van der Waals surface area contributed by atoms with Crippen LogP contribution in [-0.4, -0.2) is 27.9 Å². The Bertz CT molecular complexity index is 595. The summed E-state index contributed by atoms with van der Waals surface area (Å²) in [6.07, 6.45) is 5.10. The first-order valence-electron chi connectivity index (χ1n) is 6.73. The van der Waals surface area contributed by atoms with Crippen molar-refractivity contribution in [3.8, 4) is 5.69 Å². The van der Waals surface area contributed by atoms with Gasteiger partial charge < -0.3 is 4.90 Å². The summed E-state index contributed by atoms with van der Waals surface area (Å²) >= 11 is 5.37. The lowest BCUT2D eigenvalue weighted by atomic mass is 10.2. The molecule has 0 spiro atoms. The molecule has 2 aromatic rings. The highest BCUT2D eigenvalue weighted by Gasteiger charge is 2.23. The zero-order valence-electron chi connectivity index (χ0n) is 11.0. The Balaban J connectivity index is 2.01. The van der Waals surface area contributed by atoms with Crippen molar-refractivity contribution in [3.05, 3.63) is 35.1 Å². The fraction of sp³-hybridized carbons (Fsp3) is 0.429. The molecule has 1 aromatic carbocycles. The molecule has 3 rings (SSSR count). The Labute approximate surface area is 118 Å². The van der Waals surface area contributed by atoms with E-state index in [2.05, 4.69) is 34.3 Å². The molecule has 0 atom stereocenters. The van der Waals surface area contributed by atoms with Gasteiger partial charge >= 0.3 is 0 Å². The van der Waals surface area contributed by atoms with E-state index < -0.39 is 0 Å². The van der Waals surface area contributed by atoms with E-state index >= 15 is 0 Å². The summed E-state index contributed by atoms with van der Waals surface area (Å²) in [5, 5.41) is 7.32. The van der Waals surface area contributed by atoms with Crippen LogP contribution in [0.4, 0.5) is 5.95 Å². The molecule has 1 fully saturated rings. The van der Waals surface area contributed by atoms with Gasteiger partial charge in [0.1, 0.15) is 0 Å². The average Bonchev–Trinajstić information content (AvgIpc) is 3.08. The molecule has 19 heavy (non-hydrogen) atoms. The summed E-state index contributed by atoms with van der Waals surface area (Å²) in [6, 6.07) is 10.7. The van der Waals surface area contributed by atoms with Crippen molar-refractivity contribution in [2.75, 3.05) is 11.9 Å². The van der Waals surface area contributed by atoms with Gasteiger partial charge in [-0.1, -0.05) is 31.0 Å². The van der Waals surface area contributed by atoms with Crippen molar-refractivity contribution in [3.63, 3.8) is 0 Å². The van der Waals surface area contributed by atoms with E-state index in [-0.39, 0.29) is 0 Å². The fourth-order valence-corrected chi connectivity index (χ4v) is 3.02. The van der Waals surface area contributed by atoms with Gasteiger partial charge in [-0.2, -0.15) is 0 Å². The summed E-state index contributed by atoms with van der Waals surface area (Å²) in [5.41, 5.74) is 1.06. The summed E-state index contributed by atoms with van der Waals surface area (Å²) in [7, 11) is 2.11. The minimum atomic E-state index is 0.577. The maximum atomic E-state index is 5.37. The number of hydrogen-bond donors (Lipinski definition) is 1. The smallest absolute Gasteiger partial charge is 0.230 e. The molecular formula is C14H18N4S. The Kier molecular flexibility index (Phi) is 3.38. The van der Waals surface area contributed by atoms with Gasteiger partial charge in [0.05, 0.1) is 5.69 Å². The van der Waals surface area contributed by atoms with Crippen LogP contribution in [0.3, 0.4) is 0 Å². The van der Waals surface area contributed by atoms with Crippen molar-refractivity contribution in [1.82, 2.24) is 14.8 Å². The summed E-state index contributed by atoms with van der Waals surface area (Å²) in [4.78, 5) is 2.26. The number of aromatic amines is 1. The largest absolute Gasteiger partial charge is 0.341 e. The molecule has 4 nitrogen and oxygen atoms in total. The second-order valence-electron chi connectivity index (χ2n) is 5.05. The monoisotopic (exact) mass is 274 g/mol. The van der Waals surface area contributed by atoms with E-state index in [1.165, 1.54) is 25.7 Å². The lowest BCUT2D eigenvalue weighted by Gasteiger charge is -2.25. The van der Waals surface area contributed by atoms with Gasteiger partial charge in [-0.15, -0.1) is 5.10 Å². The lowest BCUT2D eigenvalue weighted by Crippen LogP contribution is -2.31. The average molecular weight is 274 g/mol. The standard InChI is InChI=1S/C14H18N4S/c1-17(11-7-5-6-8-11)13-15-16-14(19)18(13)12-9-3-2-4-10-12/h2-4,9-11H,5-8H2,1H3,(H,16,19). The number of benzene rings is 1. The SMILES string of the molecule is CN(c1n[nH]c(=S)n1-c1ccccc1)C1CCCC1. The molecule has 0 unspecified atom stereocenters. The molecule has 0 amide bonds. The van der Waals surface area contributed by atoms with Crippen LogP contribution in [0.15, 0.2) is 30.3 Å². The number of aromatic nitrogens is 3. The van der Waals surface area contributed by atoms with Crippen LogP contribution in [-0.2, 0) is 0 Å². The van der Waals surface area contributed by atoms with Crippen molar-refractivity contribution < 1.29 is 0 Å². The summed E-state index contributed by atoms with van der Waals surface area (Å²) in [5.74, 6) is 0.906. The molecular weight excluding hydrogens is 256 g/mol. The minimum absolute atomic E-state index is 0.577. The van der Waals surface area contributed by atoms with Gasteiger partial charge in [-0.05, 0) is 37.2 Å². The third-order valence-corrected chi connectivity index (χ3v) is 4.13. The maximum absolute atomic E-state index is 5.37. The fourth-order valence-electron chi connectivity index (χ4n) is 2.79. The van der Waals surface area contributed by atoms with Gasteiger partial charge in [0.2, 0.25) is 10.7 Å². The maximum Gasteiger partial charge on any atom is 0.230 e. The second-order valence-corrected chi connectivity index (χ2v) is 5.44. The highest BCUT2D eigenvalue weighted by atomic mass is 32.1. The van der Waals surface area contributed by atoms with E-state index in [1.807, 2.05) is 22.8 Å². The number of anilines is 1. The highest BCUT2D eigenvalue weighted by Crippen LogP contribution is 2.27. The minimum Gasteiger partial charge on any atom is -0.341 e. The lowest BCUT2D eigenvalue weighted by molar-refractivity contribution is 0.633. The Hall–Kier alpha value is -1.62. The molecule has 5 heteroatoms. The van der Waals surface area contributed by atoms with Crippen LogP contribution in [0.25, 0.3) is 5.69 Å². The Morgan fingerprint density at radius 1 is 1.26 bits per heavy atom. The van der Waals surface area contributed by atoms with E-state index in [0.29, 0.717) is 10.8 Å². The van der Waals surface area contributed by atoms with E-state index in [9.17, 15) is 0 Å². The summed E-state index contributed by atoms with van der Waals surface area (Å²) < 4.78 is 2.65. The predicted molar refractivity (Wildman–Crippen MR) is 79.4 cm³/mol. The topological polar surface area (TPSA) is 36.9 Å². The Morgan fingerprint density at radius 2 is 1.95 bits per heavy atom. The quantitative estimate of drug-likeness (QED) is 0.872. The first-order valence-corrected chi connectivity index (χ1v) is 7.14. The molecule has 0 aliphatic heterocycles. The predicted octanol–water partition coefficient (Wildman–Crippen LogP) is 3.31. The van der Waals surface area contributed by atoms with Crippen LogP contribution in [0.2, 0.25) is 0 Å². The normalized spacial score (nSPS) is 15.8. The molecule has 100 valence electrons. The van der Waals surface area contributed by atoms with Gasteiger partial charge in [0.15, 0.2) is 0 Å². The van der Waals surface area contributed by atoms with Crippen LogP contribution in [0.1, 0.15) is 25.7 Å². The van der Waals surface area contributed by atoms with Crippen LogP contribution >= 0.6 is 12.2 Å². The van der Waals surface area contributed by atoms with Gasteiger partial charge in [0.25, 0.3) is 0 Å². The number of nitrogens with zero attached hydrogens (tertiary/aromatic N) is 3. The van der Waals surface area contributed by atoms with E-state index in [1.54, 1.807) is 0 Å². The molecule has 1 aliphatic carbocycles. The first-order chi connectivity index (χ1) is 9.27. The molecule has 1 heterocycles. The zero-order valence-corrected chi connectivity index (χ0v) is 11.9. The molecule has 0 saturated heterocycles.